The molecule has 0 aromatic heterocycles. The fourth-order valence-electron chi connectivity index (χ4n) is 1.95. The second-order valence-corrected chi connectivity index (χ2v) is 21.0. The van der Waals surface area contributed by atoms with Crippen molar-refractivity contribution in [2.75, 3.05) is 26.0 Å². The average molecular weight is 401 g/mol. The molecule has 0 fully saturated rings. The zero-order valence-electron chi connectivity index (χ0n) is 16.5. The zero-order chi connectivity index (χ0) is 18.1. The fourth-order valence-corrected chi connectivity index (χ4v) is 11.9. The lowest BCUT2D eigenvalue weighted by molar-refractivity contribution is 0.0726. The molecule has 0 aromatic rings. The SMILES string of the molecule is CCO[Si](CCP(O[Si](C)(C)C)O[Si](C)(C)C)(OCC)OCC. The van der Waals surface area contributed by atoms with Gasteiger partial charge in [-0.15, -0.1) is 0 Å². The summed E-state index contributed by atoms with van der Waals surface area (Å²) in [5.74, 6) is 0. The van der Waals surface area contributed by atoms with E-state index >= 15 is 0 Å². The maximum absolute atomic E-state index is 6.32. The van der Waals surface area contributed by atoms with Crippen molar-refractivity contribution in [1.29, 1.82) is 0 Å². The molecule has 0 heterocycles. The quantitative estimate of drug-likeness (QED) is 0.320. The molecule has 0 aromatic carbocycles. The summed E-state index contributed by atoms with van der Waals surface area (Å²) in [5, 5.41) is 0. The minimum Gasteiger partial charge on any atom is -0.376 e. The Hall–Kier alpha value is 0.881. The molecule has 23 heavy (non-hydrogen) atoms. The van der Waals surface area contributed by atoms with Gasteiger partial charge in [0.2, 0.25) is 0 Å². The van der Waals surface area contributed by atoms with Gasteiger partial charge in [0, 0.05) is 32.0 Å². The highest BCUT2D eigenvalue weighted by molar-refractivity contribution is 7.51. The molecule has 0 atom stereocenters. The summed E-state index contributed by atoms with van der Waals surface area (Å²) in [5.41, 5.74) is 0. The van der Waals surface area contributed by atoms with Crippen molar-refractivity contribution in [3.63, 3.8) is 0 Å². The lowest BCUT2D eigenvalue weighted by atomic mass is 10.9. The standard InChI is InChI=1S/C14H37O5PSi3/c1-10-15-23(16-11-2,17-12-3)14-13-20(18-21(4,5)6)19-22(7,8)9/h10-14H2,1-9H3. The molecule has 0 aliphatic rings. The Morgan fingerprint density at radius 1 is 0.652 bits per heavy atom. The van der Waals surface area contributed by atoms with Crippen LogP contribution in [0.3, 0.4) is 0 Å². The Morgan fingerprint density at radius 3 is 1.26 bits per heavy atom. The molecule has 0 saturated heterocycles. The van der Waals surface area contributed by atoms with Crippen LogP contribution >= 0.6 is 8.38 Å². The highest BCUT2D eigenvalue weighted by Gasteiger charge is 2.42. The van der Waals surface area contributed by atoms with Crippen molar-refractivity contribution in [1.82, 2.24) is 0 Å². The van der Waals surface area contributed by atoms with Crippen molar-refractivity contribution in [2.45, 2.75) is 66.1 Å². The first-order valence-electron chi connectivity index (χ1n) is 8.54. The van der Waals surface area contributed by atoms with E-state index in [0.29, 0.717) is 19.8 Å². The van der Waals surface area contributed by atoms with Gasteiger partial charge in [0.05, 0.1) is 0 Å². The van der Waals surface area contributed by atoms with Crippen molar-refractivity contribution >= 4 is 33.8 Å². The molecule has 0 radical (unpaired) electrons. The summed E-state index contributed by atoms with van der Waals surface area (Å²) in [6.45, 7) is 21.0. The van der Waals surface area contributed by atoms with Gasteiger partial charge >= 0.3 is 8.80 Å². The molecule has 0 bridgehead atoms. The third-order valence-corrected chi connectivity index (χ3v) is 12.5. The van der Waals surface area contributed by atoms with E-state index in [2.05, 4.69) is 39.3 Å². The zero-order valence-corrected chi connectivity index (χ0v) is 20.4. The molecule has 0 aliphatic carbocycles. The monoisotopic (exact) mass is 400 g/mol. The maximum Gasteiger partial charge on any atom is 0.501 e. The summed E-state index contributed by atoms with van der Waals surface area (Å²) in [6, 6.07) is 0.753. The van der Waals surface area contributed by atoms with Crippen LogP contribution in [0, 0.1) is 0 Å². The van der Waals surface area contributed by atoms with Gasteiger partial charge in [-0.3, -0.25) is 0 Å². The van der Waals surface area contributed by atoms with Crippen LogP contribution in [0.15, 0.2) is 0 Å². The van der Waals surface area contributed by atoms with Gasteiger partial charge in [-0.25, -0.2) is 0 Å². The van der Waals surface area contributed by atoms with E-state index in [-0.39, 0.29) is 0 Å². The van der Waals surface area contributed by atoms with E-state index in [0.717, 1.165) is 12.2 Å². The Balaban J connectivity index is 4.98. The first-order chi connectivity index (χ1) is 10.5. The van der Waals surface area contributed by atoms with E-state index in [1.165, 1.54) is 0 Å². The van der Waals surface area contributed by atoms with Crippen LogP contribution in [0.2, 0.25) is 45.3 Å². The molecule has 0 N–H and O–H groups in total. The highest BCUT2D eigenvalue weighted by atomic mass is 31.2. The number of hydrogen-bond acceptors (Lipinski definition) is 5. The van der Waals surface area contributed by atoms with Crippen molar-refractivity contribution in [3.05, 3.63) is 0 Å². The number of hydrogen-bond donors (Lipinski definition) is 0. The van der Waals surface area contributed by atoms with Gasteiger partial charge in [-0.2, -0.15) is 0 Å². The molecular formula is C14H37O5PSi3. The van der Waals surface area contributed by atoms with Crippen LogP contribution in [0.25, 0.3) is 0 Å². The van der Waals surface area contributed by atoms with Gasteiger partial charge in [0.15, 0.2) is 16.6 Å². The molecule has 0 saturated carbocycles. The molecule has 9 heteroatoms. The second-order valence-electron chi connectivity index (χ2n) is 7.20. The van der Waals surface area contributed by atoms with Crippen LogP contribution in [-0.2, 0) is 21.7 Å². The third-order valence-electron chi connectivity index (χ3n) is 2.44. The fraction of sp³-hybridized carbons (Fsp3) is 1.00. The molecule has 0 aliphatic heterocycles. The van der Waals surface area contributed by atoms with Gasteiger partial charge in [0.25, 0.3) is 0 Å². The first kappa shape index (κ1) is 23.9. The minimum absolute atomic E-state index is 0.605. The van der Waals surface area contributed by atoms with Crippen LogP contribution in [0.1, 0.15) is 20.8 Å². The predicted octanol–water partition coefficient (Wildman–Crippen LogP) is 5.05. The third kappa shape index (κ3) is 12.0. The predicted molar refractivity (Wildman–Crippen MR) is 106 cm³/mol. The number of rotatable bonds is 13. The molecule has 0 amide bonds. The van der Waals surface area contributed by atoms with Gasteiger partial charge in [-0.05, 0) is 60.1 Å². The van der Waals surface area contributed by atoms with Crippen molar-refractivity contribution < 1.29 is 21.7 Å². The summed E-state index contributed by atoms with van der Waals surface area (Å²) < 4.78 is 30.4. The van der Waals surface area contributed by atoms with E-state index in [4.69, 9.17) is 21.7 Å². The van der Waals surface area contributed by atoms with Gasteiger partial charge < -0.3 is 21.7 Å². The molecule has 0 unspecified atom stereocenters. The smallest absolute Gasteiger partial charge is 0.376 e. The summed E-state index contributed by atoms with van der Waals surface area (Å²) in [6.07, 6.45) is 0.816. The summed E-state index contributed by atoms with van der Waals surface area (Å²) in [4.78, 5) is 0. The van der Waals surface area contributed by atoms with E-state index in [1.54, 1.807) is 0 Å². The minimum atomic E-state index is -2.62. The topological polar surface area (TPSA) is 46.2 Å². The normalized spacial score (nSPS) is 13.8. The lowest BCUT2D eigenvalue weighted by Gasteiger charge is -2.33. The highest BCUT2D eigenvalue weighted by Crippen LogP contribution is 2.46. The van der Waals surface area contributed by atoms with E-state index in [9.17, 15) is 0 Å². The Bertz CT molecular complexity index is 287. The molecule has 0 rings (SSSR count). The van der Waals surface area contributed by atoms with Crippen molar-refractivity contribution in [3.8, 4) is 0 Å². The largest absolute Gasteiger partial charge is 0.501 e. The summed E-state index contributed by atoms with van der Waals surface area (Å²) in [7, 11) is -6.84. The average Bonchev–Trinajstić information content (AvgIpc) is 2.33. The van der Waals surface area contributed by atoms with Gasteiger partial charge in [0.1, 0.15) is 8.38 Å². The summed E-state index contributed by atoms with van der Waals surface area (Å²) >= 11 is 0. The van der Waals surface area contributed by atoms with E-state index in [1.807, 2.05) is 20.8 Å². The lowest BCUT2D eigenvalue weighted by Crippen LogP contribution is -2.46. The molecule has 0 spiro atoms. The molecular weight excluding hydrogens is 363 g/mol. The van der Waals surface area contributed by atoms with Crippen LogP contribution in [-0.4, -0.2) is 51.4 Å². The molecule has 140 valence electrons. The second kappa shape index (κ2) is 10.8. The first-order valence-corrected chi connectivity index (χ1v) is 18.7. The van der Waals surface area contributed by atoms with Crippen LogP contribution in [0.4, 0.5) is 0 Å². The molecule has 5 nitrogen and oxygen atoms in total. The Kier molecular flexibility index (Phi) is 11.2. The van der Waals surface area contributed by atoms with Gasteiger partial charge in [-0.1, -0.05) is 0 Å². The maximum atomic E-state index is 6.32. The Labute approximate surface area is 147 Å². The van der Waals surface area contributed by atoms with Crippen LogP contribution < -0.4 is 0 Å². The Morgan fingerprint density at radius 2 is 1.00 bits per heavy atom. The van der Waals surface area contributed by atoms with E-state index < -0.39 is 33.8 Å². The van der Waals surface area contributed by atoms with Crippen LogP contribution in [0.5, 0.6) is 0 Å². The van der Waals surface area contributed by atoms with Crippen molar-refractivity contribution in [2.24, 2.45) is 0 Å².